The number of hydrogen-bond acceptors (Lipinski definition) is 7. The second kappa shape index (κ2) is 12.0. The molecule has 1 heterocycles. The molecule has 4 rings (SSSR count). The summed E-state index contributed by atoms with van der Waals surface area (Å²) in [7, 11) is -0.264. The van der Waals surface area contributed by atoms with E-state index in [2.05, 4.69) is 20.3 Å². The number of nitrogens with zero attached hydrogens (tertiary/aromatic N) is 1. The number of aromatic nitrogens is 1. The van der Waals surface area contributed by atoms with Crippen LogP contribution in [-0.4, -0.2) is 33.5 Å². The Bertz CT molecular complexity index is 1450. The highest BCUT2D eigenvalue weighted by atomic mass is 32.2. The van der Waals surface area contributed by atoms with Gasteiger partial charge in [-0.2, -0.15) is 0 Å². The summed E-state index contributed by atoms with van der Waals surface area (Å²) in [6.45, 7) is 0.217. The van der Waals surface area contributed by atoms with Crippen LogP contribution in [0.2, 0.25) is 0 Å². The van der Waals surface area contributed by atoms with Gasteiger partial charge in [-0.15, -0.1) is 11.3 Å². The molecule has 0 aliphatic heterocycles. The molecule has 8 nitrogen and oxygen atoms in total. The average molecular weight is 537 g/mol. The number of hydrogen-bond donors (Lipinski definition) is 3. The van der Waals surface area contributed by atoms with Gasteiger partial charge in [-0.25, -0.2) is 18.1 Å². The summed E-state index contributed by atoms with van der Waals surface area (Å²) >= 11 is 1.50. The van der Waals surface area contributed by atoms with Crippen LogP contribution in [0.15, 0.2) is 83.1 Å². The summed E-state index contributed by atoms with van der Waals surface area (Å²) in [5.41, 5.74) is 3.98. The van der Waals surface area contributed by atoms with E-state index in [0.29, 0.717) is 17.9 Å². The number of carbonyl (C=O) groups excluding carboxylic acids is 1. The molecule has 4 aromatic rings. The summed E-state index contributed by atoms with van der Waals surface area (Å²) < 4.78 is 33.2. The second-order valence-corrected chi connectivity index (χ2v) is 10.8. The maximum absolute atomic E-state index is 12.7. The van der Waals surface area contributed by atoms with Crippen molar-refractivity contribution in [3.63, 3.8) is 0 Å². The van der Waals surface area contributed by atoms with Crippen molar-refractivity contribution in [2.45, 2.75) is 24.3 Å². The predicted molar refractivity (Wildman–Crippen MR) is 148 cm³/mol. The molecule has 0 aliphatic carbocycles. The third-order valence-electron chi connectivity index (χ3n) is 5.67. The molecule has 0 atom stereocenters. The van der Waals surface area contributed by atoms with Crippen LogP contribution in [0.25, 0.3) is 11.3 Å². The lowest BCUT2D eigenvalue weighted by Crippen LogP contribution is -2.23. The zero-order valence-electron chi connectivity index (χ0n) is 20.5. The summed E-state index contributed by atoms with van der Waals surface area (Å²) in [5, 5.41) is 8.69. The minimum Gasteiger partial charge on any atom is -0.495 e. The first kappa shape index (κ1) is 26.3. The Labute approximate surface area is 220 Å². The molecule has 0 saturated carbocycles. The number of aryl methyl sites for hydroxylation is 1. The lowest BCUT2D eigenvalue weighted by atomic mass is 10.1. The van der Waals surface area contributed by atoms with Gasteiger partial charge in [0.2, 0.25) is 15.9 Å². The summed E-state index contributed by atoms with van der Waals surface area (Å²) in [6.07, 6.45) is 0.690. The zero-order chi connectivity index (χ0) is 26.3. The van der Waals surface area contributed by atoms with Crippen molar-refractivity contribution in [2.75, 3.05) is 24.8 Å². The highest BCUT2D eigenvalue weighted by molar-refractivity contribution is 7.89. The molecule has 1 amide bonds. The van der Waals surface area contributed by atoms with Gasteiger partial charge in [0.25, 0.3) is 0 Å². The molecule has 0 saturated heterocycles. The quantitative estimate of drug-likeness (QED) is 0.251. The van der Waals surface area contributed by atoms with Gasteiger partial charge in [0.15, 0.2) is 5.13 Å². The number of rotatable bonds is 11. The molecule has 3 N–H and O–H groups in total. The molecule has 0 fully saturated rings. The van der Waals surface area contributed by atoms with Gasteiger partial charge in [-0.05, 0) is 47.9 Å². The number of amides is 1. The smallest absolute Gasteiger partial charge is 0.240 e. The molecule has 10 heteroatoms. The van der Waals surface area contributed by atoms with E-state index in [1.54, 1.807) is 37.4 Å². The molecular weight excluding hydrogens is 508 g/mol. The van der Waals surface area contributed by atoms with E-state index < -0.39 is 10.0 Å². The molecule has 192 valence electrons. The monoisotopic (exact) mass is 536 g/mol. The minimum atomic E-state index is -3.63. The van der Waals surface area contributed by atoms with Gasteiger partial charge in [-0.1, -0.05) is 42.5 Å². The van der Waals surface area contributed by atoms with Crippen molar-refractivity contribution in [1.82, 2.24) is 9.71 Å². The molecule has 3 aromatic carbocycles. The second-order valence-electron chi connectivity index (χ2n) is 8.21. The maximum Gasteiger partial charge on any atom is 0.240 e. The van der Waals surface area contributed by atoms with Crippen LogP contribution in [0.3, 0.4) is 0 Å². The number of benzene rings is 3. The van der Waals surface area contributed by atoms with Crippen LogP contribution in [0.1, 0.15) is 17.5 Å². The Hall–Kier alpha value is -3.73. The first-order valence-electron chi connectivity index (χ1n) is 11.6. The fourth-order valence-electron chi connectivity index (χ4n) is 3.65. The van der Waals surface area contributed by atoms with Crippen LogP contribution < -0.4 is 20.1 Å². The van der Waals surface area contributed by atoms with Crippen LogP contribution in [-0.2, 0) is 27.8 Å². The molecule has 0 bridgehead atoms. The van der Waals surface area contributed by atoms with Crippen molar-refractivity contribution < 1.29 is 17.9 Å². The molecule has 0 aliphatic rings. The van der Waals surface area contributed by atoms with E-state index in [1.165, 1.54) is 11.3 Å². The van der Waals surface area contributed by atoms with Crippen molar-refractivity contribution in [3.05, 3.63) is 89.3 Å². The summed E-state index contributed by atoms with van der Waals surface area (Å²) in [5.74, 6) is 0.379. The number of nitrogens with one attached hydrogen (secondary N) is 3. The number of methoxy groups -OCH3 is 1. The van der Waals surface area contributed by atoms with E-state index in [0.717, 1.165) is 27.5 Å². The fraction of sp³-hybridized carbons (Fsp3) is 0.185. The van der Waals surface area contributed by atoms with Gasteiger partial charge < -0.3 is 15.4 Å². The molecule has 37 heavy (non-hydrogen) atoms. The Balaban J connectivity index is 1.35. The van der Waals surface area contributed by atoms with Gasteiger partial charge in [0, 0.05) is 31.0 Å². The highest BCUT2D eigenvalue weighted by Gasteiger charge is 2.15. The molecule has 0 radical (unpaired) electrons. The van der Waals surface area contributed by atoms with E-state index in [-0.39, 0.29) is 23.8 Å². The number of ether oxygens (including phenoxy) is 1. The number of sulfonamides is 1. The SMILES string of the molecule is CNc1nc(-c2ccc(OC)c(NC(=O)CCc3ccc(S(=O)(=O)NCc4ccccc4)cc3)c2)cs1. The van der Waals surface area contributed by atoms with Crippen molar-refractivity contribution in [2.24, 2.45) is 0 Å². The highest BCUT2D eigenvalue weighted by Crippen LogP contribution is 2.32. The summed E-state index contributed by atoms with van der Waals surface area (Å²) in [6, 6.07) is 21.4. The lowest BCUT2D eigenvalue weighted by Gasteiger charge is -2.12. The van der Waals surface area contributed by atoms with Gasteiger partial charge >= 0.3 is 0 Å². The Morgan fingerprint density at radius 1 is 1.00 bits per heavy atom. The number of carbonyl (C=O) groups is 1. The van der Waals surface area contributed by atoms with Gasteiger partial charge in [-0.3, -0.25) is 4.79 Å². The summed E-state index contributed by atoms with van der Waals surface area (Å²) in [4.78, 5) is 17.4. The van der Waals surface area contributed by atoms with E-state index in [9.17, 15) is 13.2 Å². The molecule has 0 unspecified atom stereocenters. The van der Waals surface area contributed by atoms with Gasteiger partial charge in [0.05, 0.1) is 23.4 Å². The van der Waals surface area contributed by atoms with E-state index in [4.69, 9.17) is 4.74 Å². The number of anilines is 2. The Morgan fingerprint density at radius 3 is 2.43 bits per heavy atom. The largest absolute Gasteiger partial charge is 0.495 e. The van der Waals surface area contributed by atoms with Crippen molar-refractivity contribution in [1.29, 1.82) is 0 Å². The van der Waals surface area contributed by atoms with E-state index >= 15 is 0 Å². The zero-order valence-corrected chi connectivity index (χ0v) is 22.2. The fourth-order valence-corrected chi connectivity index (χ4v) is 5.35. The standard InChI is InChI=1S/C27H28N4O4S2/c1-28-27-31-24(18-36-27)21-11-14-25(35-2)23(16-21)30-26(32)15-10-19-8-12-22(13-9-19)37(33,34)29-17-20-6-4-3-5-7-20/h3-9,11-14,16,18,29H,10,15,17H2,1-2H3,(H,28,31)(H,30,32). The van der Waals surface area contributed by atoms with E-state index in [1.807, 2.05) is 54.9 Å². The molecule has 1 aromatic heterocycles. The first-order chi connectivity index (χ1) is 17.9. The Morgan fingerprint density at radius 2 is 1.76 bits per heavy atom. The third-order valence-corrected chi connectivity index (χ3v) is 7.95. The van der Waals surface area contributed by atoms with Crippen molar-refractivity contribution in [3.8, 4) is 17.0 Å². The average Bonchev–Trinajstić information content (AvgIpc) is 3.41. The predicted octanol–water partition coefficient (Wildman–Crippen LogP) is 4.91. The third kappa shape index (κ3) is 6.94. The molecule has 0 spiro atoms. The van der Waals surface area contributed by atoms with Gasteiger partial charge in [0.1, 0.15) is 5.75 Å². The van der Waals surface area contributed by atoms with Crippen LogP contribution >= 0.6 is 11.3 Å². The normalized spacial score (nSPS) is 11.2. The first-order valence-corrected chi connectivity index (χ1v) is 14.0. The minimum absolute atomic E-state index is 0.175. The Kier molecular flexibility index (Phi) is 8.54. The number of thiazole rings is 1. The topological polar surface area (TPSA) is 109 Å². The van der Waals surface area contributed by atoms with Crippen LogP contribution in [0.4, 0.5) is 10.8 Å². The lowest BCUT2D eigenvalue weighted by molar-refractivity contribution is -0.116. The maximum atomic E-state index is 12.7. The van der Waals surface area contributed by atoms with Crippen LogP contribution in [0.5, 0.6) is 5.75 Å². The van der Waals surface area contributed by atoms with Crippen LogP contribution in [0, 0.1) is 0 Å². The van der Waals surface area contributed by atoms with Crippen molar-refractivity contribution >= 4 is 38.1 Å². The molecular formula is C27H28N4O4S2.